The summed E-state index contributed by atoms with van der Waals surface area (Å²) in [4.78, 5) is 20.7. The second kappa shape index (κ2) is 7.72. The van der Waals surface area contributed by atoms with Crippen molar-refractivity contribution in [2.45, 2.75) is 13.8 Å². The lowest BCUT2D eigenvalue weighted by atomic mass is 10.1. The van der Waals surface area contributed by atoms with Gasteiger partial charge in [-0.05, 0) is 49.2 Å². The Kier molecular flexibility index (Phi) is 5.40. The first-order chi connectivity index (χ1) is 12.4. The molecule has 0 aliphatic rings. The summed E-state index contributed by atoms with van der Waals surface area (Å²) in [7, 11) is 0. The Morgan fingerprint density at radius 2 is 1.73 bits per heavy atom. The molecule has 0 saturated carbocycles. The summed E-state index contributed by atoms with van der Waals surface area (Å²) in [5.41, 5.74) is 3.89. The van der Waals surface area contributed by atoms with Gasteiger partial charge < -0.3 is 10.6 Å². The van der Waals surface area contributed by atoms with Crippen LogP contribution in [0, 0.1) is 13.8 Å². The van der Waals surface area contributed by atoms with E-state index in [1.54, 1.807) is 18.2 Å². The number of carbonyl (C=O) groups is 1. The third kappa shape index (κ3) is 4.12. The molecular formula is C19H16Cl2N4O. The third-order valence-corrected chi connectivity index (χ3v) is 4.49. The van der Waals surface area contributed by atoms with Crippen LogP contribution in [0.3, 0.4) is 0 Å². The summed E-state index contributed by atoms with van der Waals surface area (Å²) >= 11 is 12.0. The van der Waals surface area contributed by atoms with Crippen molar-refractivity contribution in [1.29, 1.82) is 0 Å². The van der Waals surface area contributed by atoms with Gasteiger partial charge in [-0.15, -0.1) is 0 Å². The fourth-order valence-electron chi connectivity index (χ4n) is 2.30. The lowest BCUT2D eigenvalue weighted by Gasteiger charge is -2.10. The number of rotatable bonds is 4. The van der Waals surface area contributed by atoms with Crippen molar-refractivity contribution in [3.63, 3.8) is 0 Å². The second-order valence-corrected chi connectivity index (χ2v) is 6.59. The van der Waals surface area contributed by atoms with E-state index >= 15 is 0 Å². The first-order valence-electron chi connectivity index (χ1n) is 7.86. The van der Waals surface area contributed by atoms with Crippen LogP contribution >= 0.6 is 23.2 Å². The highest BCUT2D eigenvalue weighted by atomic mass is 35.5. The van der Waals surface area contributed by atoms with Gasteiger partial charge in [0.2, 0.25) is 5.95 Å². The van der Waals surface area contributed by atoms with Crippen molar-refractivity contribution < 1.29 is 4.79 Å². The summed E-state index contributed by atoms with van der Waals surface area (Å²) < 4.78 is 0. The fourth-order valence-corrected chi connectivity index (χ4v) is 2.76. The number of hydrogen-bond donors (Lipinski definition) is 2. The quantitative estimate of drug-likeness (QED) is 0.629. The molecule has 0 aliphatic heterocycles. The van der Waals surface area contributed by atoms with Gasteiger partial charge in [-0.2, -0.15) is 0 Å². The number of halogens is 2. The average molecular weight is 387 g/mol. The minimum absolute atomic E-state index is 0.269. The molecule has 132 valence electrons. The standard InChI is InChI=1S/C19H16Cl2N4O/c1-11-4-3-5-16(12(11)2)24-18(26)13-9-22-19(23-10-13)25-17-7-6-14(20)8-15(17)21/h3-10H,1-2H3,(H,24,26)(H,22,23,25). The molecule has 1 amide bonds. The van der Waals surface area contributed by atoms with Crippen molar-refractivity contribution in [3.05, 3.63) is 75.5 Å². The smallest absolute Gasteiger partial charge is 0.258 e. The number of carbonyl (C=O) groups excluding carboxylic acids is 1. The van der Waals surface area contributed by atoms with Gasteiger partial charge in [-0.3, -0.25) is 4.79 Å². The number of nitrogens with zero attached hydrogens (tertiary/aromatic N) is 2. The molecule has 0 fully saturated rings. The minimum atomic E-state index is -0.269. The van der Waals surface area contributed by atoms with Crippen molar-refractivity contribution in [3.8, 4) is 0 Å². The molecule has 0 saturated heterocycles. The molecule has 7 heteroatoms. The van der Waals surface area contributed by atoms with Gasteiger partial charge in [0.25, 0.3) is 5.91 Å². The van der Waals surface area contributed by atoms with Crippen LogP contribution in [0.4, 0.5) is 17.3 Å². The van der Waals surface area contributed by atoms with Crippen LogP contribution in [0.15, 0.2) is 48.8 Å². The number of nitrogens with one attached hydrogen (secondary N) is 2. The molecule has 5 nitrogen and oxygen atoms in total. The summed E-state index contributed by atoms with van der Waals surface area (Å²) in [6.07, 6.45) is 2.92. The molecule has 0 aliphatic carbocycles. The molecule has 2 aromatic carbocycles. The van der Waals surface area contributed by atoms with E-state index < -0.39 is 0 Å². The van der Waals surface area contributed by atoms with Gasteiger partial charge in [-0.1, -0.05) is 35.3 Å². The van der Waals surface area contributed by atoms with E-state index in [-0.39, 0.29) is 5.91 Å². The highest BCUT2D eigenvalue weighted by Gasteiger charge is 2.10. The molecular weight excluding hydrogens is 371 g/mol. The molecule has 1 aromatic heterocycles. The molecule has 3 aromatic rings. The van der Waals surface area contributed by atoms with E-state index in [2.05, 4.69) is 20.6 Å². The van der Waals surface area contributed by atoms with Crippen LogP contribution in [-0.4, -0.2) is 15.9 Å². The Morgan fingerprint density at radius 1 is 1.00 bits per heavy atom. The summed E-state index contributed by atoms with van der Waals surface area (Å²) in [5, 5.41) is 6.86. The van der Waals surface area contributed by atoms with Crippen molar-refractivity contribution in [1.82, 2.24) is 9.97 Å². The van der Waals surface area contributed by atoms with E-state index in [0.717, 1.165) is 16.8 Å². The van der Waals surface area contributed by atoms with Crippen molar-refractivity contribution in [2.75, 3.05) is 10.6 Å². The Bertz CT molecular complexity index is 958. The molecule has 26 heavy (non-hydrogen) atoms. The van der Waals surface area contributed by atoms with Gasteiger partial charge in [0.1, 0.15) is 0 Å². The maximum atomic E-state index is 12.4. The number of amides is 1. The molecule has 0 spiro atoms. The highest BCUT2D eigenvalue weighted by molar-refractivity contribution is 6.36. The minimum Gasteiger partial charge on any atom is -0.323 e. The molecule has 0 bridgehead atoms. The molecule has 0 radical (unpaired) electrons. The number of aryl methyl sites for hydroxylation is 1. The molecule has 1 heterocycles. The number of anilines is 3. The van der Waals surface area contributed by atoms with Crippen LogP contribution < -0.4 is 10.6 Å². The van der Waals surface area contributed by atoms with Gasteiger partial charge >= 0.3 is 0 Å². The number of benzene rings is 2. The van der Waals surface area contributed by atoms with Gasteiger partial charge in [0, 0.05) is 23.1 Å². The number of aromatic nitrogens is 2. The average Bonchev–Trinajstić information content (AvgIpc) is 2.62. The predicted molar refractivity (Wildman–Crippen MR) is 106 cm³/mol. The summed E-state index contributed by atoms with van der Waals surface area (Å²) in [6, 6.07) is 10.8. The summed E-state index contributed by atoms with van der Waals surface area (Å²) in [5.74, 6) is 0.0623. The lowest BCUT2D eigenvalue weighted by Crippen LogP contribution is -2.14. The van der Waals surface area contributed by atoms with E-state index in [0.29, 0.717) is 27.2 Å². The second-order valence-electron chi connectivity index (χ2n) is 5.75. The van der Waals surface area contributed by atoms with E-state index in [1.807, 2.05) is 32.0 Å². The van der Waals surface area contributed by atoms with Gasteiger partial charge in [0.05, 0.1) is 16.3 Å². The van der Waals surface area contributed by atoms with E-state index in [1.165, 1.54) is 12.4 Å². The van der Waals surface area contributed by atoms with Crippen LogP contribution in [0.5, 0.6) is 0 Å². The maximum Gasteiger partial charge on any atom is 0.258 e. The van der Waals surface area contributed by atoms with Crippen molar-refractivity contribution >= 4 is 46.4 Å². The third-order valence-electron chi connectivity index (χ3n) is 3.94. The zero-order chi connectivity index (χ0) is 18.7. The van der Waals surface area contributed by atoms with Gasteiger partial charge in [-0.25, -0.2) is 9.97 Å². The van der Waals surface area contributed by atoms with Gasteiger partial charge in [0.15, 0.2) is 0 Å². The summed E-state index contributed by atoms with van der Waals surface area (Å²) in [6.45, 7) is 3.96. The highest BCUT2D eigenvalue weighted by Crippen LogP contribution is 2.27. The molecule has 0 atom stereocenters. The topological polar surface area (TPSA) is 66.9 Å². The predicted octanol–water partition coefficient (Wildman–Crippen LogP) is 5.40. The zero-order valence-electron chi connectivity index (χ0n) is 14.2. The zero-order valence-corrected chi connectivity index (χ0v) is 15.7. The van der Waals surface area contributed by atoms with E-state index in [4.69, 9.17) is 23.2 Å². The SMILES string of the molecule is Cc1cccc(NC(=O)c2cnc(Nc3ccc(Cl)cc3Cl)nc2)c1C. The van der Waals surface area contributed by atoms with Crippen molar-refractivity contribution in [2.24, 2.45) is 0 Å². The van der Waals surface area contributed by atoms with Crippen LogP contribution in [0.2, 0.25) is 10.0 Å². The maximum absolute atomic E-state index is 12.4. The van der Waals surface area contributed by atoms with Crippen LogP contribution in [0.1, 0.15) is 21.5 Å². The van der Waals surface area contributed by atoms with Crippen LogP contribution in [0.25, 0.3) is 0 Å². The number of hydrogen-bond acceptors (Lipinski definition) is 4. The lowest BCUT2D eigenvalue weighted by molar-refractivity contribution is 0.102. The Labute approximate surface area is 161 Å². The Balaban J connectivity index is 1.72. The molecule has 0 unspecified atom stereocenters. The monoisotopic (exact) mass is 386 g/mol. The first kappa shape index (κ1) is 18.2. The molecule has 3 rings (SSSR count). The largest absolute Gasteiger partial charge is 0.323 e. The normalized spacial score (nSPS) is 10.5. The Morgan fingerprint density at radius 3 is 2.42 bits per heavy atom. The molecule has 2 N–H and O–H groups in total. The Hall–Kier alpha value is -2.63. The fraction of sp³-hybridized carbons (Fsp3) is 0.105. The first-order valence-corrected chi connectivity index (χ1v) is 8.61. The van der Waals surface area contributed by atoms with Crippen LogP contribution in [-0.2, 0) is 0 Å². The van der Waals surface area contributed by atoms with E-state index in [9.17, 15) is 4.79 Å².